The van der Waals surface area contributed by atoms with Gasteiger partial charge in [-0.25, -0.2) is 9.97 Å². The fourth-order valence-corrected chi connectivity index (χ4v) is 4.30. The van der Waals surface area contributed by atoms with Crippen molar-refractivity contribution in [2.75, 3.05) is 6.61 Å². The number of aromatic nitrogens is 3. The number of aromatic amines is 1. The lowest BCUT2D eigenvalue weighted by Gasteiger charge is -2.18. The molecule has 0 bridgehead atoms. The molecule has 0 saturated carbocycles. The number of benzene rings is 2. The number of thiazole rings is 1. The number of carbonyl (C=O) groups is 2. The molecule has 180 valence electrons. The van der Waals surface area contributed by atoms with E-state index < -0.39 is 6.04 Å². The summed E-state index contributed by atoms with van der Waals surface area (Å²) in [6.07, 6.45) is 5.01. The standard InChI is InChI=1S/C25H23BrN4O4S/c26-23-13-28-25(35-23)34-20-8-6-17(7-9-20)10-22(31)21(15-33-14-18-4-2-1-3-5-18)30-24(32)11-19-12-27-16-29-19/h1-9,12-13,16,21H,10-11,14-15H2,(H,27,29)(H,30,32)/t21-/m0/s1. The van der Waals surface area contributed by atoms with Crippen molar-refractivity contribution in [3.8, 4) is 10.9 Å². The van der Waals surface area contributed by atoms with Gasteiger partial charge in [-0.2, -0.15) is 0 Å². The molecule has 1 amide bonds. The lowest BCUT2D eigenvalue weighted by molar-refractivity contribution is -0.128. The maximum Gasteiger partial charge on any atom is 0.279 e. The lowest BCUT2D eigenvalue weighted by atomic mass is 10.0. The highest BCUT2D eigenvalue weighted by Crippen LogP contribution is 2.29. The van der Waals surface area contributed by atoms with Crippen LogP contribution in [0.15, 0.2) is 77.1 Å². The fourth-order valence-electron chi connectivity index (χ4n) is 3.27. The lowest BCUT2D eigenvalue weighted by Crippen LogP contribution is -2.45. The van der Waals surface area contributed by atoms with Gasteiger partial charge >= 0.3 is 0 Å². The Morgan fingerprint density at radius 1 is 1.03 bits per heavy atom. The molecular formula is C25H23BrN4O4S. The molecule has 0 saturated heterocycles. The number of nitrogens with zero attached hydrogens (tertiary/aromatic N) is 2. The highest BCUT2D eigenvalue weighted by Gasteiger charge is 2.22. The van der Waals surface area contributed by atoms with Crippen LogP contribution in [0.3, 0.4) is 0 Å². The largest absolute Gasteiger partial charge is 0.431 e. The summed E-state index contributed by atoms with van der Waals surface area (Å²) in [4.78, 5) is 36.6. The zero-order chi connectivity index (χ0) is 24.5. The number of amides is 1. The number of imidazole rings is 1. The van der Waals surface area contributed by atoms with Crippen molar-refractivity contribution in [3.05, 3.63) is 93.9 Å². The summed E-state index contributed by atoms with van der Waals surface area (Å²) in [5, 5.41) is 3.34. The number of halogens is 1. The van der Waals surface area contributed by atoms with Crippen LogP contribution in [-0.2, 0) is 33.8 Å². The summed E-state index contributed by atoms with van der Waals surface area (Å²) in [6.45, 7) is 0.419. The molecule has 35 heavy (non-hydrogen) atoms. The fraction of sp³-hybridized carbons (Fsp3) is 0.200. The van der Waals surface area contributed by atoms with Gasteiger partial charge in [-0.1, -0.05) is 53.8 Å². The number of ether oxygens (including phenoxy) is 2. The first-order valence-electron chi connectivity index (χ1n) is 10.8. The van der Waals surface area contributed by atoms with Crippen molar-refractivity contribution in [1.82, 2.24) is 20.3 Å². The van der Waals surface area contributed by atoms with Gasteiger partial charge in [0.1, 0.15) is 11.8 Å². The molecule has 2 heterocycles. The number of hydrogen-bond donors (Lipinski definition) is 2. The molecule has 2 N–H and O–H groups in total. The highest BCUT2D eigenvalue weighted by molar-refractivity contribution is 9.11. The summed E-state index contributed by atoms with van der Waals surface area (Å²) in [6, 6.07) is 16.1. The summed E-state index contributed by atoms with van der Waals surface area (Å²) < 4.78 is 12.4. The predicted octanol–water partition coefficient (Wildman–Crippen LogP) is 4.48. The maximum absolute atomic E-state index is 13.1. The van der Waals surface area contributed by atoms with Crippen LogP contribution in [0.25, 0.3) is 0 Å². The van der Waals surface area contributed by atoms with Crippen LogP contribution in [0.5, 0.6) is 10.9 Å². The van der Waals surface area contributed by atoms with Gasteiger partial charge in [-0.15, -0.1) is 0 Å². The molecule has 1 atom stereocenters. The highest BCUT2D eigenvalue weighted by atomic mass is 79.9. The van der Waals surface area contributed by atoms with Crippen molar-refractivity contribution >= 4 is 39.0 Å². The van der Waals surface area contributed by atoms with E-state index in [1.54, 1.807) is 24.5 Å². The van der Waals surface area contributed by atoms with Gasteiger partial charge < -0.3 is 19.8 Å². The Balaban J connectivity index is 1.36. The first-order chi connectivity index (χ1) is 17.0. The van der Waals surface area contributed by atoms with Crippen LogP contribution in [0.4, 0.5) is 0 Å². The minimum Gasteiger partial charge on any atom is -0.431 e. The van der Waals surface area contributed by atoms with Crippen molar-refractivity contribution in [3.63, 3.8) is 0 Å². The minimum absolute atomic E-state index is 0.0720. The molecular weight excluding hydrogens is 532 g/mol. The number of carbonyl (C=O) groups excluding carboxylic acids is 2. The topological polar surface area (TPSA) is 106 Å². The quantitative estimate of drug-likeness (QED) is 0.267. The summed E-state index contributed by atoms with van der Waals surface area (Å²) in [5.74, 6) is 0.196. The number of H-pyrrole nitrogens is 1. The zero-order valence-corrected chi connectivity index (χ0v) is 21.1. The Labute approximate surface area is 214 Å². The SMILES string of the molecule is O=C(Cc1cnc[nH]1)N[C@@H](COCc1ccccc1)C(=O)Cc1ccc(Oc2ncc(Br)s2)cc1. The van der Waals surface area contributed by atoms with E-state index in [0.29, 0.717) is 23.2 Å². The van der Waals surface area contributed by atoms with E-state index in [1.165, 1.54) is 17.7 Å². The smallest absolute Gasteiger partial charge is 0.279 e. The molecule has 0 radical (unpaired) electrons. The molecule has 2 aromatic carbocycles. The first-order valence-corrected chi connectivity index (χ1v) is 12.5. The van der Waals surface area contributed by atoms with Crippen LogP contribution in [0.2, 0.25) is 0 Å². The van der Waals surface area contributed by atoms with Crippen LogP contribution in [0, 0.1) is 0 Å². The third-order valence-corrected chi connectivity index (χ3v) is 6.34. The molecule has 8 nitrogen and oxygen atoms in total. The number of ketones is 1. The van der Waals surface area contributed by atoms with Crippen LogP contribution >= 0.6 is 27.3 Å². The number of nitrogens with one attached hydrogen (secondary N) is 2. The predicted molar refractivity (Wildman–Crippen MR) is 135 cm³/mol. The molecule has 4 aromatic rings. The molecule has 0 unspecified atom stereocenters. The van der Waals surface area contributed by atoms with Gasteiger partial charge in [0.2, 0.25) is 5.91 Å². The van der Waals surface area contributed by atoms with E-state index in [2.05, 4.69) is 36.2 Å². The average Bonchev–Trinajstić information content (AvgIpc) is 3.52. The van der Waals surface area contributed by atoms with Crippen LogP contribution in [-0.4, -0.2) is 39.3 Å². The van der Waals surface area contributed by atoms with Gasteiger partial charge in [-0.05, 0) is 39.2 Å². The third-order valence-electron chi connectivity index (χ3n) is 4.99. The van der Waals surface area contributed by atoms with Gasteiger partial charge in [0, 0.05) is 18.3 Å². The third kappa shape index (κ3) is 7.84. The molecule has 0 fully saturated rings. The van der Waals surface area contributed by atoms with E-state index in [0.717, 1.165) is 14.9 Å². The molecule has 0 aliphatic heterocycles. The van der Waals surface area contributed by atoms with Crippen molar-refractivity contribution in [2.24, 2.45) is 0 Å². The van der Waals surface area contributed by atoms with Gasteiger partial charge in [0.05, 0.1) is 35.9 Å². The van der Waals surface area contributed by atoms with E-state index in [1.807, 2.05) is 42.5 Å². The zero-order valence-electron chi connectivity index (χ0n) is 18.6. The summed E-state index contributed by atoms with van der Waals surface area (Å²) >= 11 is 4.74. The second-order valence-corrected chi connectivity index (χ2v) is 10.1. The van der Waals surface area contributed by atoms with Gasteiger partial charge in [-0.3, -0.25) is 9.59 Å². The van der Waals surface area contributed by atoms with Crippen molar-refractivity contribution in [1.29, 1.82) is 0 Å². The normalized spacial score (nSPS) is 11.7. The Morgan fingerprint density at radius 2 is 1.83 bits per heavy atom. The Morgan fingerprint density at radius 3 is 2.51 bits per heavy atom. The van der Waals surface area contributed by atoms with E-state index >= 15 is 0 Å². The molecule has 0 aliphatic rings. The maximum atomic E-state index is 13.1. The monoisotopic (exact) mass is 554 g/mol. The van der Waals surface area contributed by atoms with Crippen LogP contribution < -0.4 is 10.1 Å². The second kappa shape index (κ2) is 12.4. The molecule has 4 rings (SSSR count). The number of Topliss-reactive ketones (excluding diaryl/α,β-unsaturated/α-hetero) is 1. The average molecular weight is 555 g/mol. The first kappa shape index (κ1) is 24.8. The summed E-state index contributed by atoms with van der Waals surface area (Å²) in [7, 11) is 0. The molecule has 0 spiro atoms. The molecule has 2 aromatic heterocycles. The van der Waals surface area contributed by atoms with Gasteiger partial charge in [0.15, 0.2) is 5.78 Å². The molecule has 0 aliphatic carbocycles. The Hall–Kier alpha value is -3.34. The Kier molecular flexibility index (Phi) is 8.77. The number of rotatable bonds is 12. The molecule has 10 heteroatoms. The van der Waals surface area contributed by atoms with E-state index in [4.69, 9.17) is 9.47 Å². The van der Waals surface area contributed by atoms with Crippen LogP contribution in [0.1, 0.15) is 16.8 Å². The van der Waals surface area contributed by atoms with E-state index in [-0.39, 0.29) is 31.1 Å². The second-order valence-electron chi connectivity index (χ2n) is 7.69. The van der Waals surface area contributed by atoms with Gasteiger partial charge in [0.25, 0.3) is 5.19 Å². The van der Waals surface area contributed by atoms with Crippen molar-refractivity contribution < 1.29 is 19.1 Å². The van der Waals surface area contributed by atoms with Crippen molar-refractivity contribution in [2.45, 2.75) is 25.5 Å². The van der Waals surface area contributed by atoms with E-state index in [9.17, 15) is 9.59 Å². The minimum atomic E-state index is -0.780. The number of hydrogen-bond acceptors (Lipinski definition) is 7. The summed E-state index contributed by atoms with van der Waals surface area (Å²) in [5.41, 5.74) is 2.46. The Bertz CT molecular complexity index is 1230.